The van der Waals surface area contributed by atoms with Gasteiger partial charge in [0.2, 0.25) is 10.3 Å². The maximum absolute atomic E-state index is 10.9. The largest absolute Gasteiger partial charge is 0.481 e. The van der Waals surface area contributed by atoms with E-state index in [-0.39, 0.29) is 5.70 Å². The zero-order chi connectivity index (χ0) is 13.3. The highest BCUT2D eigenvalue weighted by Crippen LogP contribution is 2.27. The smallest absolute Gasteiger partial charge is 0.316 e. The van der Waals surface area contributed by atoms with Crippen molar-refractivity contribution in [1.82, 2.24) is 0 Å². The average molecular weight is 281 g/mol. The second kappa shape index (κ2) is 4.55. The molecule has 1 aliphatic rings. The van der Waals surface area contributed by atoms with Gasteiger partial charge in [0.15, 0.2) is 4.86 Å². The molecule has 10 heteroatoms. The minimum Gasteiger partial charge on any atom is -0.481 e. The van der Waals surface area contributed by atoms with Gasteiger partial charge in [-0.05, 0) is 6.08 Å². The topological polar surface area (TPSA) is 141 Å². The van der Waals surface area contributed by atoms with Gasteiger partial charge in [0, 0.05) is 0 Å². The zero-order valence-electron chi connectivity index (χ0n) is 7.95. The first-order valence-corrected chi connectivity index (χ1v) is 5.43. The van der Waals surface area contributed by atoms with Gasteiger partial charge in [0.1, 0.15) is 11.0 Å². The monoisotopic (exact) mass is 280 g/mol. The van der Waals surface area contributed by atoms with Gasteiger partial charge in [0.25, 0.3) is 0 Å². The number of halogens is 1. The molecule has 0 fully saturated rings. The van der Waals surface area contributed by atoms with E-state index in [4.69, 9.17) is 22.4 Å². The molecule has 0 radical (unpaired) electrons. The molecule has 3 N–H and O–H groups in total. The van der Waals surface area contributed by atoms with Crippen LogP contribution < -0.4 is 5.73 Å². The first kappa shape index (κ1) is 13.2. The molecule has 0 aromatic rings. The number of carbonyl (C=O) groups is 1. The molecule has 0 heterocycles. The molecule has 17 heavy (non-hydrogen) atoms. The highest BCUT2D eigenvalue weighted by molar-refractivity contribution is 7.73. The molecule has 0 saturated carbocycles. The standard InChI is InChI=1S/C7H5ClN2O6S/c8-4-3(9)1-2(7(11)12)6(17(15)16)5(4)10(13)14/h1-2H,9H2,(H,11,12)/t2-/m1/s1. The second-order valence-electron chi connectivity index (χ2n) is 2.96. The van der Waals surface area contributed by atoms with Gasteiger partial charge in [-0.15, -0.1) is 0 Å². The molecule has 0 spiro atoms. The fraction of sp³-hybridized carbons (Fsp3) is 0.143. The Morgan fingerprint density at radius 2 is 2.12 bits per heavy atom. The Hall–Kier alpha value is -1.87. The van der Waals surface area contributed by atoms with E-state index in [1.807, 2.05) is 0 Å². The van der Waals surface area contributed by atoms with Crippen LogP contribution in [0.3, 0.4) is 0 Å². The molecule has 0 aromatic carbocycles. The van der Waals surface area contributed by atoms with Crippen LogP contribution in [-0.2, 0) is 15.1 Å². The van der Waals surface area contributed by atoms with Gasteiger partial charge in [-0.25, -0.2) is 0 Å². The van der Waals surface area contributed by atoms with Crippen LogP contribution in [0.2, 0.25) is 0 Å². The van der Waals surface area contributed by atoms with Gasteiger partial charge < -0.3 is 10.8 Å². The molecule has 8 nitrogen and oxygen atoms in total. The molecule has 1 atom stereocenters. The van der Waals surface area contributed by atoms with E-state index in [0.717, 1.165) is 6.08 Å². The number of nitro groups is 1. The molecule has 0 saturated heterocycles. The lowest BCUT2D eigenvalue weighted by Gasteiger charge is -2.14. The quantitative estimate of drug-likeness (QED) is 0.388. The van der Waals surface area contributed by atoms with Gasteiger partial charge in [-0.3, -0.25) is 14.9 Å². The van der Waals surface area contributed by atoms with Crippen molar-refractivity contribution in [3.63, 3.8) is 0 Å². The Labute approximate surface area is 101 Å². The van der Waals surface area contributed by atoms with Gasteiger partial charge in [-0.2, -0.15) is 8.42 Å². The molecule has 0 bridgehead atoms. The third-order valence-electron chi connectivity index (χ3n) is 1.95. The highest BCUT2D eigenvalue weighted by Gasteiger charge is 2.40. The van der Waals surface area contributed by atoms with E-state index in [1.165, 1.54) is 0 Å². The number of rotatable bonds is 2. The van der Waals surface area contributed by atoms with E-state index in [1.54, 1.807) is 0 Å². The molecule has 92 valence electrons. The van der Waals surface area contributed by atoms with Crippen molar-refractivity contribution in [1.29, 1.82) is 0 Å². The fourth-order valence-corrected chi connectivity index (χ4v) is 2.26. The molecule has 0 aliphatic heterocycles. The summed E-state index contributed by atoms with van der Waals surface area (Å²) in [5, 5.41) is 18.9. The third-order valence-corrected chi connectivity index (χ3v) is 3.16. The molecule has 0 amide bonds. The lowest BCUT2D eigenvalue weighted by atomic mass is 9.96. The van der Waals surface area contributed by atoms with Crippen LogP contribution in [0.5, 0.6) is 0 Å². The third kappa shape index (κ3) is 2.29. The van der Waals surface area contributed by atoms with E-state index in [9.17, 15) is 23.3 Å². The summed E-state index contributed by atoms with van der Waals surface area (Å²) in [5.41, 5.74) is 3.93. The first-order chi connectivity index (χ1) is 7.77. The van der Waals surface area contributed by atoms with Crippen LogP contribution in [-0.4, -0.2) is 29.3 Å². The molecule has 0 aromatic heterocycles. The maximum Gasteiger partial charge on any atom is 0.316 e. The Morgan fingerprint density at radius 3 is 2.47 bits per heavy atom. The van der Waals surface area contributed by atoms with Crippen LogP contribution in [0.15, 0.2) is 22.5 Å². The molecular formula is C7H5ClN2O6S. The Balaban J connectivity index is 3.68. The van der Waals surface area contributed by atoms with Gasteiger partial charge in [-0.1, -0.05) is 11.6 Å². The number of carboxylic acid groups (broad SMARTS) is 1. The van der Waals surface area contributed by atoms with E-state index >= 15 is 0 Å². The second-order valence-corrected chi connectivity index (χ2v) is 4.24. The molecule has 0 unspecified atom stereocenters. The summed E-state index contributed by atoms with van der Waals surface area (Å²) < 4.78 is 21.7. The average Bonchev–Trinajstić information content (AvgIpc) is 2.19. The van der Waals surface area contributed by atoms with Crippen molar-refractivity contribution >= 4 is 32.7 Å². The summed E-state index contributed by atoms with van der Waals surface area (Å²) in [6, 6.07) is 0. The Morgan fingerprint density at radius 1 is 1.59 bits per heavy atom. The summed E-state index contributed by atoms with van der Waals surface area (Å²) in [7, 11) is -3.09. The van der Waals surface area contributed by atoms with Crippen LogP contribution in [0.25, 0.3) is 0 Å². The molecular weight excluding hydrogens is 276 g/mol. The van der Waals surface area contributed by atoms with Crippen LogP contribution in [0.4, 0.5) is 0 Å². The van der Waals surface area contributed by atoms with Crippen molar-refractivity contribution in [2.24, 2.45) is 11.7 Å². The fourth-order valence-electron chi connectivity index (χ4n) is 1.26. The van der Waals surface area contributed by atoms with Crippen molar-refractivity contribution in [2.75, 3.05) is 0 Å². The Kier molecular flexibility index (Phi) is 3.53. The van der Waals surface area contributed by atoms with E-state index in [0.29, 0.717) is 0 Å². The zero-order valence-corrected chi connectivity index (χ0v) is 9.53. The highest BCUT2D eigenvalue weighted by atomic mass is 35.5. The number of nitrogens with two attached hydrogens (primary N) is 1. The lowest BCUT2D eigenvalue weighted by Crippen LogP contribution is -2.32. The van der Waals surface area contributed by atoms with Crippen LogP contribution in [0, 0.1) is 16.0 Å². The summed E-state index contributed by atoms with van der Waals surface area (Å²) in [4.78, 5) is 19.5. The normalized spacial score (nSPS) is 19.9. The van der Waals surface area contributed by atoms with Crippen LogP contribution >= 0.6 is 11.6 Å². The summed E-state index contributed by atoms with van der Waals surface area (Å²) in [5.74, 6) is -3.29. The molecule has 1 rings (SSSR count). The minimum atomic E-state index is -3.09. The van der Waals surface area contributed by atoms with Gasteiger partial charge in [0.05, 0.1) is 10.6 Å². The number of allylic oxidation sites excluding steroid dienone is 2. The van der Waals surface area contributed by atoms with Crippen molar-refractivity contribution in [3.8, 4) is 0 Å². The predicted molar refractivity (Wildman–Crippen MR) is 57.2 cm³/mol. The Bertz CT molecular complexity index is 594. The molecule has 1 aliphatic carbocycles. The SMILES string of the molecule is NC1=C[C@@H](C(=O)O)C(=S(=O)=O)C([N+](=O)[O-])=C1Cl. The van der Waals surface area contributed by atoms with Crippen LogP contribution in [0.1, 0.15) is 0 Å². The number of nitrogens with zero attached hydrogens (tertiary/aromatic N) is 1. The summed E-state index contributed by atoms with van der Waals surface area (Å²) in [6.45, 7) is 0. The van der Waals surface area contributed by atoms with Crippen molar-refractivity contribution in [2.45, 2.75) is 0 Å². The van der Waals surface area contributed by atoms with Crippen molar-refractivity contribution < 1.29 is 23.2 Å². The summed E-state index contributed by atoms with van der Waals surface area (Å²) >= 11 is 5.49. The lowest BCUT2D eigenvalue weighted by molar-refractivity contribution is -0.415. The number of hydrogen-bond acceptors (Lipinski definition) is 6. The first-order valence-electron chi connectivity index (χ1n) is 3.98. The van der Waals surface area contributed by atoms with E-state index in [2.05, 4.69) is 0 Å². The number of aliphatic carboxylic acids is 1. The van der Waals surface area contributed by atoms with E-state index < -0.39 is 42.7 Å². The predicted octanol–water partition coefficient (Wildman–Crippen LogP) is -0.678. The number of carboxylic acids is 1. The van der Waals surface area contributed by atoms with Crippen molar-refractivity contribution in [3.05, 3.63) is 32.6 Å². The van der Waals surface area contributed by atoms with Gasteiger partial charge >= 0.3 is 11.7 Å². The maximum atomic E-state index is 10.9. The summed E-state index contributed by atoms with van der Waals surface area (Å²) in [6.07, 6.45) is 0.836. The number of hydrogen-bond donors (Lipinski definition) is 2. The minimum absolute atomic E-state index is 0.347.